The lowest BCUT2D eigenvalue weighted by molar-refractivity contribution is -0.0667. The van der Waals surface area contributed by atoms with Crippen molar-refractivity contribution in [2.75, 3.05) is 19.6 Å². The summed E-state index contributed by atoms with van der Waals surface area (Å²) >= 11 is 0. The number of para-hydroxylation sites is 1. The summed E-state index contributed by atoms with van der Waals surface area (Å²) in [5.74, 6) is 1.02. The predicted molar refractivity (Wildman–Crippen MR) is 123 cm³/mol. The van der Waals surface area contributed by atoms with Gasteiger partial charge in [-0.2, -0.15) is 5.10 Å². The van der Waals surface area contributed by atoms with E-state index in [4.69, 9.17) is 4.99 Å². The van der Waals surface area contributed by atoms with Gasteiger partial charge in [-0.25, -0.2) is 4.68 Å². The van der Waals surface area contributed by atoms with Gasteiger partial charge in [-0.1, -0.05) is 32.0 Å². The molecular weight excluding hydrogens is 449 g/mol. The van der Waals surface area contributed by atoms with Crippen LogP contribution in [0.5, 0.6) is 0 Å². The van der Waals surface area contributed by atoms with Crippen LogP contribution < -0.4 is 5.32 Å². The fraction of sp³-hybridized carbons (Fsp3) is 0.524. The Morgan fingerprint density at radius 2 is 1.89 bits per heavy atom. The van der Waals surface area contributed by atoms with Gasteiger partial charge in [0.05, 0.1) is 11.9 Å². The van der Waals surface area contributed by atoms with E-state index in [0.29, 0.717) is 5.41 Å². The van der Waals surface area contributed by atoms with Crippen LogP contribution in [0.25, 0.3) is 5.69 Å². The molecule has 1 aromatic heterocycles. The number of halogens is 1. The topological polar surface area (TPSA) is 45.5 Å². The minimum atomic E-state index is 0. The van der Waals surface area contributed by atoms with E-state index in [2.05, 4.69) is 68.3 Å². The molecule has 148 valence electrons. The molecule has 5 nitrogen and oxygen atoms in total. The van der Waals surface area contributed by atoms with E-state index in [1.165, 1.54) is 5.56 Å². The molecule has 1 aliphatic heterocycles. The summed E-state index contributed by atoms with van der Waals surface area (Å²) in [6.45, 7) is 14.1. The highest BCUT2D eigenvalue weighted by Gasteiger charge is 2.53. The molecule has 0 aliphatic carbocycles. The van der Waals surface area contributed by atoms with Crippen molar-refractivity contribution in [3.63, 3.8) is 0 Å². The van der Waals surface area contributed by atoms with E-state index in [-0.39, 0.29) is 29.5 Å². The molecule has 0 amide bonds. The number of aromatic nitrogens is 2. The number of nitrogens with one attached hydrogen (secondary N) is 1. The summed E-state index contributed by atoms with van der Waals surface area (Å²) < 4.78 is 1.92. The highest BCUT2D eigenvalue weighted by molar-refractivity contribution is 14.0. The number of rotatable bonds is 5. The van der Waals surface area contributed by atoms with Crippen molar-refractivity contribution >= 4 is 29.9 Å². The quantitative estimate of drug-likeness (QED) is 0.397. The fourth-order valence-electron chi connectivity index (χ4n) is 3.30. The first-order valence-electron chi connectivity index (χ1n) is 9.50. The Morgan fingerprint density at radius 3 is 2.48 bits per heavy atom. The number of nitrogens with zero attached hydrogens (tertiary/aromatic N) is 4. The Bertz CT molecular complexity index is 764. The molecule has 27 heavy (non-hydrogen) atoms. The number of aliphatic imine (C=N–C) groups is 1. The minimum Gasteiger partial charge on any atom is -0.356 e. The molecule has 1 N–H and O–H groups in total. The normalized spacial score (nSPS) is 17.8. The average Bonchev–Trinajstić information content (AvgIpc) is 3.09. The van der Waals surface area contributed by atoms with Gasteiger partial charge in [-0.3, -0.25) is 4.99 Å². The van der Waals surface area contributed by atoms with Crippen molar-refractivity contribution in [1.82, 2.24) is 20.0 Å². The molecule has 0 unspecified atom stereocenters. The van der Waals surface area contributed by atoms with Gasteiger partial charge < -0.3 is 10.2 Å². The minimum absolute atomic E-state index is 0. The molecule has 2 aromatic rings. The number of likely N-dealkylation sites (tertiary alicyclic amines) is 1. The van der Waals surface area contributed by atoms with E-state index in [1.54, 1.807) is 0 Å². The van der Waals surface area contributed by atoms with Gasteiger partial charge in [-0.05, 0) is 44.9 Å². The number of benzene rings is 1. The molecule has 3 rings (SSSR count). The van der Waals surface area contributed by atoms with Gasteiger partial charge >= 0.3 is 0 Å². The van der Waals surface area contributed by atoms with Crippen molar-refractivity contribution in [3.8, 4) is 5.69 Å². The van der Waals surface area contributed by atoms with Gasteiger partial charge in [0.25, 0.3) is 0 Å². The maximum Gasteiger partial charge on any atom is 0.194 e. The predicted octanol–water partition coefficient (Wildman–Crippen LogP) is 4.12. The van der Waals surface area contributed by atoms with Crippen LogP contribution in [0, 0.1) is 5.41 Å². The molecule has 2 heterocycles. The Labute approximate surface area is 180 Å². The van der Waals surface area contributed by atoms with Gasteiger partial charge in [0, 0.05) is 36.8 Å². The van der Waals surface area contributed by atoms with E-state index < -0.39 is 0 Å². The summed E-state index contributed by atoms with van der Waals surface area (Å²) in [5, 5.41) is 7.92. The summed E-state index contributed by atoms with van der Waals surface area (Å²) in [4.78, 5) is 7.26. The largest absolute Gasteiger partial charge is 0.356 e. The van der Waals surface area contributed by atoms with Gasteiger partial charge in [-0.15, -0.1) is 24.0 Å². The zero-order valence-corrected chi connectivity index (χ0v) is 19.4. The van der Waals surface area contributed by atoms with Crippen molar-refractivity contribution in [3.05, 3.63) is 48.3 Å². The van der Waals surface area contributed by atoms with E-state index in [0.717, 1.165) is 37.7 Å². The lowest BCUT2D eigenvalue weighted by Gasteiger charge is -2.62. The highest BCUT2D eigenvalue weighted by Crippen LogP contribution is 2.46. The smallest absolute Gasteiger partial charge is 0.194 e. The third-order valence-electron chi connectivity index (χ3n) is 5.79. The second-order valence-corrected chi connectivity index (χ2v) is 8.14. The zero-order chi connectivity index (χ0) is 18.8. The fourth-order valence-corrected chi connectivity index (χ4v) is 3.30. The molecule has 0 atom stereocenters. The van der Waals surface area contributed by atoms with Crippen LogP contribution in [0.1, 0.15) is 40.2 Å². The molecule has 1 saturated heterocycles. The number of hydrogen-bond acceptors (Lipinski definition) is 2. The van der Waals surface area contributed by atoms with E-state index >= 15 is 0 Å². The first-order valence-corrected chi connectivity index (χ1v) is 9.50. The number of hydrogen-bond donors (Lipinski definition) is 1. The number of guanidine groups is 1. The molecule has 1 aliphatic rings. The molecule has 1 fully saturated rings. The zero-order valence-electron chi connectivity index (χ0n) is 17.1. The van der Waals surface area contributed by atoms with Crippen LogP contribution in [-0.4, -0.2) is 45.8 Å². The first-order chi connectivity index (χ1) is 12.3. The van der Waals surface area contributed by atoms with Crippen LogP contribution >= 0.6 is 24.0 Å². The highest BCUT2D eigenvalue weighted by atomic mass is 127. The molecular formula is C21H32IN5. The Hall–Kier alpha value is -1.57. The van der Waals surface area contributed by atoms with Crippen LogP contribution in [0.3, 0.4) is 0 Å². The molecule has 0 radical (unpaired) electrons. The Morgan fingerprint density at radius 1 is 1.19 bits per heavy atom. The summed E-state index contributed by atoms with van der Waals surface area (Å²) in [5.41, 5.74) is 2.71. The molecule has 0 saturated carbocycles. The summed E-state index contributed by atoms with van der Waals surface area (Å²) in [6.07, 6.45) is 4.92. The maximum absolute atomic E-state index is 4.87. The first kappa shape index (κ1) is 21.7. The lowest BCUT2D eigenvalue weighted by atomic mass is 9.65. The van der Waals surface area contributed by atoms with Crippen molar-refractivity contribution in [2.24, 2.45) is 10.4 Å². The second kappa shape index (κ2) is 8.63. The van der Waals surface area contributed by atoms with Crippen molar-refractivity contribution in [2.45, 2.75) is 46.6 Å². The van der Waals surface area contributed by atoms with Gasteiger partial charge in [0.1, 0.15) is 0 Å². The van der Waals surface area contributed by atoms with Crippen LogP contribution in [-0.2, 0) is 6.42 Å². The Balaban J connectivity index is 0.00000261. The summed E-state index contributed by atoms with van der Waals surface area (Å²) in [7, 11) is 0. The van der Waals surface area contributed by atoms with Gasteiger partial charge in [0.2, 0.25) is 0 Å². The average molecular weight is 481 g/mol. The monoisotopic (exact) mass is 481 g/mol. The van der Waals surface area contributed by atoms with Crippen molar-refractivity contribution in [1.29, 1.82) is 0 Å². The third-order valence-corrected chi connectivity index (χ3v) is 5.79. The standard InChI is InChI=1S/C21H31N5.HI/c1-6-22-19(25-16-20(2,3)21(25,4)5)23-13-12-17-14-24-26(15-17)18-10-8-7-9-11-18;/h7-11,14-15H,6,12-13,16H2,1-5H3,(H,22,23);1H. The second-order valence-electron chi connectivity index (χ2n) is 8.14. The SMILES string of the molecule is CCNC(=NCCc1cnn(-c2ccccc2)c1)N1CC(C)(C)C1(C)C.I. The molecule has 0 bridgehead atoms. The lowest BCUT2D eigenvalue weighted by Crippen LogP contribution is -2.72. The molecule has 0 spiro atoms. The summed E-state index contributed by atoms with van der Waals surface area (Å²) in [6, 6.07) is 10.2. The van der Waals surface area contributed by atoms with E-state index in [1.807, 2.05) is 29.1 Å². The van der Waals surface area contributed by atoms with Crippen molar-refractivity contribution < 1.29 is 0 Å². The Kier molecular flexibility index (Phi) is 6.94. The molecule has 6 heteroatoms. The molecule has 1 aromatic carbocycles. The van der Waals surface area contributed by atoms with Crippen LogP contribution in [0.15, 0.2) is 47.7 Å². The van der Waals surface area contributed by atoms with Crippen LogP contribution in [0.2, 0.25) is 0 Å². The van der Waals surface area contributed by atoms with Crippen LogP contribution in [0.4, 0.5) is 0 Å². The van der Waals surface area contributed by atoms with E-state index in [9.17, 15) is 0 Å². The van der Waals surface area contributed by atoms with Gasteiger partial charge in [0.15, 0.2) is 5.96 Å². The third kappa shape index (κ3) is 4.47. The maximum atomic E-state index is 4.87.